The standard InChI is InChI=1S/C14H18N2O2/c1-16(2)10-11-18-13-8-6-12(7-9-13)4-3-5-14(15)17/h6-9H,5,10-11H2,1-2H3,(H2,15,17). The number of nitrogens with two attached hydrogens (primary N) is 1. The van der Waals surface area contributed by atoms with Crippen molar-refractivity contribution in [3.05, 3.63) is 29.8 Å². The molecule has 0 radical (unpaired) electrons. The maximum atomic E-state index is 10.5. The molecule has 0 saturated carbocycles. The first-order valence-corrected chi connectivity index (χ1v) is 5.72. The van der Waals surface area contributed by atoms with Crippen LogP contribution in [0.25, 0.3) is 0 Å². The molecule has 0 aliphatic carbocycles. The van der Waals surface area contributed by atoms with E-state index in [2.05, 4.69) is 16.7 Å². The zero-order chi connectivity index (χ0) is 13.4. The first-order chi connectivity index (χ1) is 8.58. The average Bonchev–Trinajstić information content (AvgIpc) is 2.30. The molecule has 4 heteroatoms. The second-order valence-corrected chi connectivity index (χ2v) is 4.12. The van der Waals surface area contributed by atoms with Gasteiger partial charge < -0.3 is 15.4 Å². The fourth-order valence-corrected chi connectivity index (χ4v) is 1.21. The van der Waals surface area contributed by atoms with Gasteiger partial charge in [0.05, 0.1) is 6.42 Å². The van der Waals surface area contributed by atoms with Crippen LogP contribution in [0.4, 0.5) is 0 Å². The molecule has 1 aromatic carbocycles. The lowest BCUT2D eigenvalue weighted by molar-refractivity contribution is -0.117. The molecule has 18 heavy (non-hydrogen) atoms. The summed E-state index contributed by atoms with van der Waals surface area (Å²) in [6, 6.07) is 7.45. The van der Waals surface area contributed by atoms with E-state index in [1.54, 1.807) is 0 Å². The molecular formula is C14H18N2O2. The molecule has 0 aromatic heterocycles. The minimum Gasteiger partial charge on any atom is -0.492 e. The van der Waals surface area contributed by atoms with Gasteiger partial charge in [0.2, 0.25) is 5.91 Å². The Bertz CT molecular complexity index is 441. The predicted octanol–water partition coefficient (Wildman–Crippen LogP) is 0.854. The van der Waals surface area contributed by atoms with Crippen LogP contribution in [0.15, 0.2) is 24.3 Å². The topological polar surface area (TPSA) is 55.6 Å². The minimum atomic E-state index is -0.411. The van der Waals surface area contributed by atoms with Gasteiger partial charge in [0, 0.05) is 12.1 Å². The molecule has 0 bridgehead atoms. The number of carbonyl (C=O) groups is 1. The molecule has 2 N–H and O–H groups in total. The molecule has 1 amide bonds. The van der Waals surface area contributed by atoms with Gasteiger partial charge in [-0.1, -0.05) is 11.8 Å². The summed E-state index contributed by atoms with van der Waals surface area (Å²) >= 11 is 0. The van der Waals surface area contributed by atoms with E-state index in [0.29, 0.717) is 6.61 Å². The third-order valence-electron chi connectivity index (χ3n) is 2.16. The van der Waals surface area contributed by atoms with Crippen LogP contribution < -0.4 is 10.5 Å². The fourth-order valence-electron chi connectivity index (χ4n) is 1.21. The maximum absolute atomic E-state index is 10.5. The van der Waals surface area contributed by atoms with Gasteiger partial charge in [-0.3, -0.25) is 4.79 Å². The van der Waals surface area contributed by atoms with Gasteiger partial charge in [-0.2, -0.15) is 0 Å². The van der Waals surface area contributed by atoms with Crippen molar-refractivity contribution >= 4 is 5.91 Å². The van der Waals surface area contributed by atoms with Gasteiger partial charge in [-0.15, -0.1) is 0 Å². The van der Waals surface area contributed by atoms with Crippen LogP contribution in [-0.2, 0) is 4.79 Å². The maximum Gasteiger partial charge on any atom is 0.229 e. The summed E-state index contributed by atoms with van der Waals surface area (Å²) in [4.78, 5) is 12.6. The summed E-state index contributed by atoms with van der Waals surface area (Å²) in [5, 5.41) is 0. The lowest BCUT2D eigenvalue weighted by Gasteiger charge is -2.10. The molecule has 1 rings (SSSR count). The average molecular weight is 246 g/mol. The number of rotatable bonds is 5. The first-order valence-electron chi connectivity index (χ1n) is 5.72. The third kappa shape index (κ3) is 5.92. The highest BCUT2D eigenvalue weighted by molar-refractivity contribution is 5.76. The van der Waals surface area contributed by atoms with Crippen LogP contribution in [0.5, 0.6) is 5.75 Å². The molecular weight excluding hydrogens is 228 g/mol. The van der Waals surface area contributed by atoms with E-state index in [-0.39, 0.29) is 6.42 Å². The Balaban J connectivity index is 2.46. The van der Waals surface area contributed by atoms with Crippen molar-refractivity contribution in [1.82, 2.24) is 4.90 Å². The molecule has 1 aromatic rings. The molecule has 96 valence electrons. The van der Waals surface area contributed by atoms with Crippen LogP contribution in [0.2, 0.25) is 0 Å². The van der Waals surface area contributed by atoms with E-state index >= 15 is 0 Å². The molecule has 0 atom stereocenters. The summed E-state index contributed by atoms with van der Waals surface area (Å²) < 4.78 is 5.55. The Morgan fingerprint density at radius 2 is 2.00 bits per heavy atom. The fraction of sp³-hybridized carbons (Fsp3) is 0.357. The molecule has 4 nitrogen and oxygen atoms in total. The number of primary amides is 1. The second kappa shape index (κ2) is 7.36. The van der Waals surface area contributed by atoms with Crippen molar-refractivity contribution in [3.63, 3.8) is 0 Å². The highest BCUT2D eigenvalue weighted by atomic mass is 16.5. The monoisotopic (exact) mass is 246 g/mol. The lowest BCUT2D eigenvalue weighted by atomic mass is 10.2. The number of hydrogen-bond acceptors (Lipinski definition) is 3. The van der Waals surface area contributed by atoms with E-state index in [1.165, 1.54) is 0 Å². The molecule has 0 unspecified atom stereocenters. The number of likely N-dealkylation sites (N-methyl/N-ethyl adjacent to an activating group) is 1. The van der Waals surface area contributed by atoms with E-state index in [4.69, 9.17) is 10.5 Å². The summed E-state index contributed by atoms with van der Waals surface area (Å²) in [5.41, 5.74) is 5.84. The van der Waals surface area contributed by atoms with Crippen LogP contribution in [0.1, 0.15) is 12.0 Å². The molecule has 0 fully saturated rings. The first kappa shape index (κ1) is 14.1. The minimum absolute atomic E-state index is 0.0844. The van der Waals surface area contributed by atoms with E-state index in [9.17, 15) is 4.79 Å². The Kier molecular flexibility index (Phi) is 5.75. The number of hydrogen-bond donors (Lipinski definition) is 1. The van der Waals surface area contributed by atoms with Gasteiger partial charge in [0.15, 0.2) is 0 Å². The van der Waals surface area contributed by atoms with Gasteiger partial charge in [-0.25, -0.2) is 0 Å². The van der Waals surface area contributed by atoms with E-state index < -0.39 is 5.91 Å². The van der Waals surface area contributed by atoms with Gasteiger partial charge in [0.1, 0.15) is 12.4 Å². The van der Waals surface area contributed by atoms with Gasteiger partial charge in [0.25, 0.3) is 0 Å². The smallest absolute Gasteiger partial charge is 0.229 e. The SMILES string of the molecule is CN(C)CCOc1ccc(C#CCC(N)=O)cc1. The Morgan fingerprint density at radius 1 is 1.33 bits per heavy atom. The molecule has 0 saturated heterocycles. The molecule has 0 aliphatic heterocycles. The van der Waals surface area contributed by atoms with Crippen LogP contribution >= 0.6 is 0 Å². The number of ether oxygens (including phenoxy) is 1. The normalized spacial score (nSPS) is 9.72. The Morgan fingerprint density at radius 3 is 2.56 bits per heavy atom. The number of amides is 1. The highest BCUT2D eigenvalue weighted by Gasteiger charge is 1.95. The van der Waals surface area contributed by atoms with Gasteiger partial charge in [-0.05, 0) is 38.4 Å². The highest BCUT2D eigenvalue weighted by Crippen LogP contribution is 2.11. The third-order valence-corrected chi connectivity index (χ3v) is 2.16. The van der Waals surface area contributed by atoms with Crippen molar-refractivity contribution in [2.75, 3.05) is 27.2 Å². The summed E-state index contributed by atoms with van der Waals surface area (Å²) in [6.45, 7) is 1.53. The number of benzene rings is 1. The predicted molar refractivity (Wildman–Crippen MR) is 71.2 cm³/mol. The van der Waals surface area contributed by atoms with Crippen LogP contribution in [-0.4, -0.2) is 38.1 Å². The second-order valence-electron chi connectivity index (χ2n) is 4.12. The Labute approximate surface area is 108 Å². The molecule has 0 spiro atoms. The van der Waals surface area contributed by atoms with E-state index in [1.807, 2.05) is 38.4 Å². The zero-order valence-electron chi connectivity index (χ0n) is 10.8. The van der Waals surface area contributed by atoms with Crippen molar-refractivity contribution in [1.29, 1.82) is 0 Å². The van der Waals surface area contributed by atoms with E-state index in [0.717, 1.165) is 17.9 Å². The summed E-state index contributed by atoms with van der Waals surface area (Å²) in [5.74, 6) is 5.98. The lowest BCUT2D eigenvalue weighted by Crippen LogP contribution is -2.19. The number of nitrogens with zero attached hydrogens (tertiary/aromatic N) is 1. The largest absolute Gasteiger partial charge is 0.492 e. The van der Waals surface area contributed by atoms with Crippen molar-refractivity contribution < 1.29 is 9.53 Å². The number of carbonyl (C=O) groups excluding carboxylic acids is 1. The summed E-state index contributed by atoms with van der Waals surface area (Å²) in [6.07, 6.45) is 0.0844. The molecule has 0 heterocycles. The van der Waals surface area contributed by atoms with Crippen molar-refractivity contribution in [2.24, 2.45) is 5.73 Å². The van der Waals surface area contributed by atoms with Crippen LogP contribution in [0.3, 0.4) is 0 Å². The zero-order valence-corrected chi connectivity index (χ0v) is 10.8. The summed E-state index contributed by atoms with van der Waals surface area (Å²) in [7, 11) is 4.00. The van der Waals surface area contributed by atoms with Crippen molar-refractivity contribution in [3.8, 4) is 17.6 Å². The Hall–Kier alpha value is -1.99. The van der Waals surface area contributed by atoms with Crippen molar-refractivity contribution in [2.45, 2.75) is 6.42 Å². The quantitative estimate of drug-likeness (QED) is 0.784. The van der Waals surface area contributed by atoms with Gasteiger partial charge >= 0.3 is 0 Å². The molecule has 0 aliphatic rings. The van der Waals surface area contributed by atoms with Crippen LogP contribution in [0, 0.1) is 11.8 Å².